The van der Waals surface area contributed by atoms with Crippen molar-refractivity contribution < 1.29 is 9.53 Å². The number of ether oxygens (including phenoxy) is 1. The molecule has 27 heavy (non-hydrogen) atoms. The molecule has 0 saturated carbocycles. The van der Waals surface area contributed by atoms with Crippen molar-refractivity contribution in [3.05, 3.63) is 35.4 Å². The van der Waals surface area contributed by atoms with Gasteiger partial charge in [-0.05, 0) is 44.9 Å². The summed E-state index contributed by atoms with van der Waals surface area (Å²) in [6.45, 7) is 7.61. The molecule has 2 rings (SSSR count). The van der Waals surface area contributed by atoms with E-state index in [0.717, 1.165) is 24.5 Å². The van der Waals surface area contributed by atoms with Crippen LogP contribution in [0.2, 0.25) is 0 Å². The number of halogens is 1. The summed E-state index contributed by atoms with van der Waals surface area (Å²) in [6.07, 6.45) is 0.449. The highest BCUT2D eigenvalue weighted by Gasteiger charge is 2.27. The summed E-state index contributed by atoms with van der Waals surface area (Å²) in [5.41, 5.74) is 1.16. The van der Waals surface area contributed by atoms with E-state index in [4.69, 9.17) is 10.00 Å². The summed E-state index contributed by atoms with van der Waals surface area (Å²) >= 11 is 0. The van der Waals surface area contributed by atoms with E-state index in [1.54, 1.807) is 13.1 Å². The van der Waals surface area contributed by atoms with Gasteiger partial charge in [0, 0.05) is 26.7 Å². The Morgan fingerprint density at radius 1 is 1.44 bits per heavy atom. The molecule has 1 aliphatic rings. The molecular formula is C19H28IN5O2. The first-order chi connectivity index (χ1) is 12.3. The molecule has 1 heterocycles. The minimum absolute atomic E-state index is 0. The molecule has 8 heteroatoms. The smallest absolute Gasteiger partial charge is 0.407 e. The number of aliphatic imine (C=N–C) groups is 1. The van der Waals surface area contributed by atoms with Crippen molar-refractivity contribution in [3.8, 4) is 6.07 Å². The number of likely N-dealkylation sites (tertiary alicyclic amines) is 1. The minimum Gasteiger partial charge on any atom is -0.444 e. The van der Waals surface area contributed by atoms with E-state index in [9.17, 15) is 4.79 Å². The van der Waals surface area contributed by atoms with Gasteiger partial charge in [-0.1, -0.05) is 12.1 Å². The van der Waals surface area contributed by atoms with Crippen LogP contribution < -0.4 is 10.6 Å². The molecule has 1 aromatic rings. The second-order valence-corrected chi connectivity index (χ2v) is 7.29. The number of hydrogen-bond acceptors (Lipinski definition) is 4. The van der Waals surface area contributed by atoms with Gasteiger partial charge in [0.15, 0.2) is 5.96 Å². The van der Waals surface area contributed by atoms with Gasteiger partial charge in [-0.25, -0.2) is 4.79 Å². The SMILES string of the molecule is CN=C(NCc1cccc(C#N)c1)N1CCC(NC(=O)OC(C)(C)C)C1.I. The molecule has 148 valence electrons. The zero-order chi connectivity index (χ0) is 19.2. The van der Waals surface area contributed by atoms with Crippen LogP contribution in [0.1, 0.15) is 38.3 Å². The first kappa shape index (κ1) is 23.0. The summed E-state index contributed by atoms with van der Waals surface area (Å²) in [7, 11) is 1.74. The number of carbonyl (C=O) groups excluding carboxylic acids is 1. The van der Waals surface area contributed by atoms with Gasteiger partial charge in [0.25, 0.3) is 0 Å². The van der Waals surface area contributed by atoms with Gasteiger partial charge in [-0.2, -0.15) is 5.26 Å². The zero-order valence-corrected chi connectivity index (χ0v) is 18.6. The number of carbonyl (C=O) groups is 1. The van der Waals surface area contributed by atoms with E-state index < -0.39 is 5.60 Å². The molecule has 2 N–H and O–H groups in total. The molecule has 1 aromatic carbocycles. The standard InChI is InChI=1S/C19H27N5O2.HI/c1-19(2,3)26-18(25)23-16-8-9-24(13-16)17(21-4)22-12-15-7-5-6-14(10-15)11-20;/h5-7,10,16H,8-9,12-13H2,1-4H3,(H,21,22)(H,23,25);1H. The molecule has 0 radical (unpaired) electrons. The van der Waals surface area contributed by atoms with Crippen LogP contribution in [-0.2, 0) is 11.3 Å². The van der Waals surface area contributed by atoms with Crippen LogP contribution >= 0.6 is 24.0 Å². The number of alkyl carbamates (subject to hydrolysis) is 1. The molecule has 0 aromatic heterocycles. The topological polar surface area (TPSA) is 89.8 Å². The van der Waals surface area contributed by atoms with Gasteiger partial charge in [-0.3, -0.25) is 4.99 Å². The third-order valence-electron chi connectivity index (χ3n) is 3.93. The van der Waals surface area contributed by atoms with Crippen LogP contribution in [0.4, 0.5) is 4.79 Å². The van der Waals surface area contributed by atoms with Crippen LogP contribution in [0.5, 0.6) is 0 Å². The Morgan fingerprint density at radius 3 is 2.81 bits per heavy atom. The first-order valence-electron chi connectivity index (χ1n) is 8.75. The highest BCUT2D eigenvalue weighted by molar-refractivity contribution is 14.0. The average molecular weight is 485 g/mol. The predicted molar refractivity (Wildman–Crippen MR) is 116 cm³/mol. The Morgan fingerprint density at radius 2 is 2.19 bits per heavy atom. The number of nitrogens with one attached hydrogen (secondary N) is 2. The van der Waals surface area contributed by atoms with E-state index in [0.29, 0.717) is 18.7 Å². The molecule has 7 nitrogen and oxygen atoms in total. The van der Waals surface area contributed by atoms with E-state index in [1.165, 1.54) is 0 Å². The lowest BCUT2D eigenvalue weighted by Gasteiger charge is -2.23. The summed E-state index contributed by atoms with van der Waals surface area (Å²) < 4.78 is 5.31. The van der Waals surface area contributed by atoms with Gasteiger partial charge in [0.2, 0.25) is 0 Å². The van der Waals surface area contributed by atoms with E-state index in [1.807, 2.05) is 39.0 Å². The number of rotatable bonds is 3. The summed E-state index contributed by atoms with van der Waals surface area (Å²) in [5.74, 6) is 0.779. The van der Waals surface area contributed by atoms with Gasteiger partial charge in [0.05, 0.1) is 17.7 Å². The Labute approximate surface area is 178 Å². The maximum absolute atomic E-state index is 11.9. The van der Waals surface area contributed by atoms with Crippen LogP contribution in [0.3, 0.4) is 0 Å². The molecule has 1 atom stereocenters. The largest absolute Gasteiger partial charge is 0.444 e. The Bertz CT molecular complexity index is 709. The summed E-state index contributed by atoms with van der Waals surface area (Å²) in [4.78, 5) is 18.3. The van der Waals surface area contributed by atoms with Crippen molar-refractivity contribution >= 4 is 36.0 Å². The van der Waals surface area contributed by atoms with Crippen molar-refractivity contribution in [3.63, 3.8) is 0 Å². The molecule has 1 saturated heterocycles. The highest BCUT2D eigenvalue weighted by Crippen LogP contribution is 2.12. The fourth-order valence-corrected chi connectivity index (χ4v) is 2.81. The van der Waals surface area contributed by atoms with Crippen LogP contribution in [-0.4, -0.2) is 48.7 Å². The zero-order valence-electron chi connectivity index (χ0n) is 16.3. The first-order valence-corrected chi connectivity index (χ1v) is 8.75. The van der Waals surface area contributed by atoms with Crippen molar-refractivity contribution in [1.29, 1.82) is 5.26 Å². The number of benzene rings is 1. The maximum atomic E-state index is 11.9. The second-order valence-electron chi connectivity index (χ2n) is 7.29. The molecule has 1 aliphatic heterocycles. The van der Waals surface area contributed by atoms with Gasteiger partial charge in [0.1, 0.15) is 5.60 Å². The van der Waals surface area contributed by atoms with E-state index in [-0.39, 0.29) is 36.1 Å². The minimum atomic E-state index is -0.502. The molecule has 0 bridgehead atoms. The predicted octanol–water partition coefficient (Wildman–Crippen LogP) is 2.85. The van der Waals surface area contributed by atoms with Crippen molar-refractivity contribution in [2.75, 3.05) is 20.1 Å². The van der Waals surface area contributed by atoms with Crippen LogP contribution in [0.25, 0.3) is 0 Å². The third kappa shape index (κ3) is 7.62. The molecule has 1 fully saturated rings. The van der Waals surface area contributed by atoms with Gasteiger partial charge in [-0.15, -0.1) is 24.0 Å². The fraction of sp³-hybridized carbons (Fsp3) is 0.526. The fourth-order valence-electron chi connectivity index (χ4n) is 2.81. The lowest BCUT2D eigenvalue weighted by atomic mass is 10.1. The molecule has 1 amide bonds. The molecular weight excluding hydrogens is 457 g/mol. The third-order valence-corrected chi connectivity index (χ3v) is 3.93. The van der Waals surface area contributed by atoms with Gasteiger partial charge >= 0.3 is 6.09 Å². The lowest BCUT2D eigenvalue weighted by Crippen LogP contribution is -2.44. The van der Waals surface area contributed by atoms with Crippen molar-refractivity contribution in [2.45, 2.75) is 45.4 Å². The van der Waals surface area contributed by atoms with Crippen LogP contribution in [0.15, 0.2) is 29.3 Å². The number of nitrogens with zero attached hydrogens (tertiary/aromatic N) is 3. The Hall–Kier alpha value is -2.02. The monoisotopic (exact) mass is 485 g/mol. The Balaban J connectivity index is 0.00000364. The highest BCUT2D eigenvalue weighted by atomic mass is 127. The number of amides is 1. The molecule has 0 spiro atoms. The quantitative estimate of drug-likeness (QED) is 0.391. The lowest BCUT2D eigenvalue weighted by molar-refractivity contribution is 0.0507. The number of nitriles is 1. The average Bonchev–Trinajstić information content (AvgIpc) is 3.02. The van der Waals surface area contributed by atoms with E-state index in [2.05, 4.69) is 26.6 Å². The maximum Gasteiger partial charge on any atom is 0.407 e. The van der Waals surface area contributed by atoms with Gasteiger partial charge < -0.3 is 20.3 Å². The van der Waals surface area contributed by atoms with E-state index >= 15 is 0 Å². The van der Waals surface area contributed by atoms with Crippen LogP contribution in [0, 0.1) is 11.3 Å². The summed E-state index contributed by atoms with van der Waals surface area (Å²) in [5, 5.41) is 15.2. The molecule has 0 aliphatic carbocycles. The van der Waals surface area contributed by atoms with Crippen molar-refractivity contribution in [1.82, 2.24) is 15.5 Å². The summed E-state index contributed by atoms with van der Waals surface area (Å²) in [6, 6.07) is 9.66. The molecule has 1 unspecified atom stereocenters. The number of guanidine groups is 1. The number of hydrogen-bond donors (Lipinski definition) is 2. The normalized spacial score (nSPS) is 16.9. The van der Waals surface area contributed by atoms with Crippen molar-refractivity contribution in [2.24, 2.45) is 4.99 Å². The Kier molecular flexibility index (Phi) is 8.82. The second kappa shape index (κ2) is 10.3.